The molecular formula is C12H24N2O. The fourth-order valence-corrected chi connectivity index (χ4v) is 3.17. The molecule has 0 aromatic rings. The quantitative estimate of drug-likeness (QED) is 0.600. The van der Waals surface area contributed by atoms with Gasteiger partial charge in [0.1, 0.15) is 0 Å². The van der Waals surface area contributed by atoms with E-state index < -0.39 is 0 Å². The van der Waals surface area contributed by atoms with E-state index >= 15 is 0 Å². The van der Waals surface area contributed by atoms with Gasteiger partial charge >= 0.3 is 0 Å². The Morgan fingerprint density at radius 1 is 1.13 bits per heavy atom. The van der Waals surface area contributed by atoms with Crippen LogP contribution in [0, 0.1) is 0 Å². The first-order valence-corrected chi connectivity index (χ1v) is 5.97. The van der Waals surface area contributed by atoms with Crippen molar-refractivity contribution < 1.29 is 4.74 Å². The van der Waals surface area contributed by atoms with Gasteiger partial charge in [-0.2, -0.15) is 0 Å². The minimum atomic E-state index is 0.0463. The van der Waals surface area contributed by atoms with Gasteiger partial charge in [-0.15, -0.1) is 0 Å². The maximum atomic E-state index is 5.83. The molecule has 0 aromatic carbocycles. The predicted octanol–water partition coefficient (Wildman–Crippen LogP) is 1.19. The Morgan fingerprint density at radius 2 is 1.87 bits per heavy atom. The van der Waals surface area contributed by atoms with Gasteiger partial charge in [0.25, 0.3) is 0 Å². The predicted molar refractivity (Wildman–Crippen MR) is 62.1 cm³/mol. The lowest BCUT2D eigenvalue weighted by molar-refractivity contribution is -0.133. The lowest BCUT2D eigenvalue weighted by atomic mass is 9.78. The van der Waals surface area contributed by atoms with Crippen LogP contribution in [-0.4, -0.2) is 61.3 Å². The van der Waals surface area contributed by atoms with Crippen molar-refractivity contribution in [1.82, 2.24) is 9.80 Å². The normalized spacial score (nSPS) is 38.4. The highest BCUT2D eigenvalue weighted by Crippen LogP contribution is 2.37. The standard InChI is InChI=1S/C12H24N2O/c1-11(2)9-12(5-8-15-11)10-13(3)6-7-14(12)4/h5-10H2,1-4H3/t12-/m0/s1. The van der Waals surface area contributed by atoms with E-state index in [0.717, 1.165) is 13.0 Å². The van der Waals surface area contributed by atoms with Crippen LogP contribution in [0.25, 0.3) is 0 Å². The molecule has 1 spiro atoms. The molecule has 2 saturated heterocycles. The highest BCUT2D eigenvalue weighted by atomic mass is 16.5. The summed E-state index contributed by atoms with van der Waals surface area (Å²) in [6, 6.07) is 0. The van der Waals surface area contributed by atoms with Crippen LogP contribution in [0.15, 0.2) is 0 Å². The molecule has 0 aliphatic carbocycles. The lowest BCUT2D eigenvalue weighted by Gasteiger charge is -2.54. The summed E-state index contributed by atoms with van der Waals surface area (Å²) in [5.41, 5.74) is 0.402. The van der Waals surface area contributed by atoms with Crippen molar-refractivity contribution in [2.75, 3.05) is 40.3 Å². The van der Waals surface area contributed by atoms with E-state index in [0.29, 0.717) is 5.54 Å². The maximum absolute atomic E-state index is 5.83. The first-order chi connectivity index (χ1) is 6.94. The molecule has 2 fully saturated rings. The molecule has 3 nitrogen and oxygen atoms in total. The topological polar surface area (TPSA) is 15.7 Å². The molecule has 2 aliphatic heterocycles. The fraction of sp³-hybridized carbons (Fsp3) is 1.00. The molecule has 0 unspecified atom stereocenters. The number of hydrogen-bond donors (Lipinski definition) is 0. The Kier molecular flexibility index (Phi) is 2.82. The van der Waals surface area contributed by atoms with Crippen molar-refractivity contribution in [3.8, 4) is 0 Å². The molecule has 3 heteroatoms. The van der Waals surface area contributed by atoms with E-state index in [2.05, 4.69) is 37.7 Å². The zero-order valence-electron chi connectivity index (χ0n) is 10.5. The summed E-state index contributed by atoms with van der Waals surface area (Å²) in [5, 5.41) is 0. The molecule has 15 heavy (non-hydrogen) atoms. The van der Waals surface area contributed by atoms with Crippen LogP contribution in [0.3, 0.4) is 0 Å². The third kappa shape index (κ3) is 2.19. The zero-order valence-corrected chi connectivity index (χ0v) is 10.5. The van der Waals surface area contributed by atoms with Crippen LogP contribution in [0.1, 0.15) is 26.7 Å². The molecular weight excluding hydrogens is 188 g/mol. The molecule has 2 aliphatic rings. The van der Waals surface area contributed by atoms with E-state index in [-0.39, 0.29) is 5.60 Å². The summed E-state index contributed by atoms with van der Waals surface area (Å²) < 4.78 is 5.83. The van der Waals surface area contributed by atoms with Crippen LogP contribution >= 0.6 is 0 Å². The minimum absolute atomic E-state index is 0.0463. The van der Waals surface area contributed by atoms with Gasteiger partial charge in [0.05, 0.1) is 5.60 Å². The number of hydrogen-bond acceptors (Lipinski definition) is 3. The van der Waals surface area contributed by atoms with Gasteiger partial charge in [0.2, 0.25) is 0 Å². The highest BCUT2D eigenvalue weighted by Gasteiger charge is 2.45. The third-order valence-corrected chi connectivity index (χ3v) is 4.01. The van der Waals surface area contributed by atoms with Gasteiger partial charge in [-0.25, -0.2) is 0 Å². The van der Waals surface area contributed by atoms with Gasteiger partial charge in [0, 0.05) is 31.8 Å². The Hall–Kier alpha value is -0.120. The van der Waals surface area contributed by atoms with Gasteiger partial charge < -0.3 is 9.64 Å². The summed E-state index contributed by atoms with van der Waals surface area (Å²) in [5.74, 6) is 0. The second kappa shape index (κ2) is 3.72. The SMILES string of the molecule is CN1CCN(C)[C@]2(CCOC(C)(C)C2)C1. The first kappa shape index (κ1) is 11.4. The average Bonchev–Trinajstić information content (AvgIpc) is 2.10. The van der Waals surface area contributed by atoms with E-state index in [9.17, 15) is 0 Å². The fourth-order valence-electron chi connectivity index (χ4n) is 3.17. The largest absolute Gasteiger partial charge is 0.375 e. The zero-order chi connectivity index (χ0) is 11.1. The van der Waals surface area contributed by atoms with Gasteiger partial charge in [-0.05, 0) is 40.8 Å². The molecule has 0 N–H and O–H groups in total. The van der Waals surface area contributed by atoms with Crippen molar-refractivity contribution in [2.45, 2.75) is 37.8 Å². The number of rotatable bonds is 0. The molecule has 0 radical (unpaired) electrons. The molecule has 0 amide bonds. The van der Waals surface area contributed by atoms with Crippen LogP contribution in [0.4, 0.5) is 0 Å². The van der Waals surface area contributed by atoms with Crippen molar-refractivity contribution >= 4 is 0 Å². The first-order valence-electron chi connectivity index (χ1n) is 5.97. The number of piperazine rings is 1. The average molecular weight is 212 g/mol. The Morgan fingerprint density at radius 3 is 2.53 bits per heavy atom. The number of likely N-dealkylation sites (N-methyl/N-ethyl adjacent to an activating group) is 2. The van der Waals surface area contributed by atoms with Gasteiger partial charge in [-0.3, -0.25) is 4.90 Å². The summed E-state index contributed by atoms with van der Waals surface area (Å²) in [6.45, 7) is 8.92. The number of nitrogens with zero attached hydrogens (tertiary/aromatic N) is 2. The van der Waals surface area contributed by atoms with E-state index in [1.54, 1.807) is 0 Å². The second-order valence-corrected chi connectivity index (χ2v) is 5.92. The smallest absolute Gasteiger partial charge is 0.0644 e. The monoisotopic (exact) mass is 212 g/mol. The molecule has 88 valence electrons. The highest BCUT2D eigenvalue weighted by molar-refractivity contribution is 5.01. The second-order valence-electron chi connectivity index (χ2n) is 5.92. The van der Waals surface area contributed by atoms with Gasteiger partial charge in [-0.1, -0.05) is 0 Å². The van der Waals surface area contributed by atoms with Gasteiger partial charge in [0.15, 0.2) is 0 Å². The maximum Gasteiger partial charge on any atom is 0.0644 e. The number of ether oxygens (including phenoxy) is 1. The van der Waals surface area contributed by atoms with E-state index in [1.165, 1.54) is 26.1 Å². The third-order valence-electron chi connectivity index (χ3n) is 4.01. The summed E-state index contributed by atoms with van der Waals surface area (Å²) in [4.78, 5) is 5.01. The Labute approximate surface area is 93.4 Å². The van der Waals surface area contributed by atoms with Crippen LogP contribution in [0.2, 0.25) is 0 Å². The molecule has 0 aromatic heterocycles. The lowest BCUT2D eigenvalue weighted by Crippen LogP contribution is -2.64. The van der Waals surface area contributed by atoms with Crippen LogP contribution < -0.4 is 0 Å². The van der Waals surface area contributed by atoms with E-state index in [4.69, 9.17) is 4.74 Å². The Balaban J connectivity index is 2.15. The molecule has 1 atom stereocenters. The Bertz CT molecular complexity index is 242. The molecule has 2 rings (SSSR count). The summed E-state index contributed by atoms with van der Waals surface area (Å²) >= 11 is 0. The van der Waals surface area contributed by atoms with Crippen LogP contribution in [-0.2, 0) is 4.74 Å². The van der Waals surface area contributed by atoms with Crippen molar-refractivity contribution in [3.63, 3.8) is 0 Å². The van der Waals surface area contributed by atoms with E-state index in [1.807, 2.05) is 0 Å². The van der Waals surface area contributed by atoms with Crippen molar-refractivity contribution in [2.24, 2.45) is 0 Å². The summed E-state index contributed by atoms with van der Waals surface area (Å²) in [7, 11) is 4.51. The molecule has 2 heterocycles. The molecule has 0 saturated carbocycles. The minimum Gasteiger partial charge on any atom is -0.375 e. The van der Waals surface area contributed by atoms with Crippen LogP contribution in [0.5, 0.6) is 0 Å². The van der Waals surface area contributed by atoms with Crippen molar-refractivity contribution in [1.29, 1.82) is 0 Å². The summed E-state index contributed by atoms with van der Waals surface area (Å²) in [6.07, 6.45) is 2.33. The van der Waals surface area contributed by atoms with Crippen molar-refractivity contribution in [3.05, 3.63) is 0 Å². The molecule has 0 bridgehead atoms.